The number of sulfonamides is 1. The first kappa shape index (κ1) is 24.3. The molecule has 8 heteroatoms. The number of ether oxygens (including phenoxy) is 2. The van der Waals surface area contributed by atoms with E-state index >= 15 is 0 Å². The molecular weight excluding hydrogens is 476 g/mol. The van der Waals surface area contributed by atoms with E-state index in [0.717, 1.165) is 36.0 Å². The number of fused-ring (bicyclic) bond motifs is 2. The van der Waals surface area contributed by atoms with Gasteiger partial charge in [0.1, 0.15) is 22.4 Å². The van der Waals surface area contributed by atoms with Crippen molar-refractivity contribution in [1.82, 2.24) is 9.62 Å². The number of hydrogen-bond acceptors (Lipinski definition) is 5. The van der Waals surface area contributed by atoms with Crippen LogP contribution in [0.25, 0.3) is 0 Å². The van der Waals surface area contributed by atoms with E-state index in [1.54, 1.807) is 12.1 Å². The van der Waals surface area contributed by atoms with Gasteiger partial charge in [-0.3, -0.25) is 4.79 Å². The fraction of sp³-hybridized carbons (Fsp3) is 0.321. The predicted molar refractivity (Wildman–Crippen MR) is 136 cm³/mol. The molecule has 7 nitrogen and oxygen atoms in total. The van der Waals surface area contributed by atoms with Crippen LogP contribution in [0.4, 0.5) is 0 Å². The Kier molecular flexibility index (Phi) is 6.73. The maximum atomic E-state index is 14.1. The van der Waals surface area contributed by atoms with Gasteiger partial charge < -0.3 is 14.8 Å². The number of benzene rings is 3. The maximum absolute atomic E-state index is 14.1. The molecule has 0 saturated heterocycles. The first-order valence-corrected chi connectivity index (χ1v) is 13.5. The zero-order chi connectivity index (χ0) is 25.3. The van der Waals surface area contributed by atoms with Crippen LogP contribution in [-0.4, -0.2) is 38.9 Å². The van der Waals surface area contributed by atoms with Crippen molar-refractivity contribution in [2.24, 2.45) is 0 Å². The highest BCUT2D eigenvalue weighted by molar-refractivity contribution is 7.89. The molecule has 1 amide bonds. The average Bonchev–Trinajstić information content (AvgIpc) is 2.92. The van der Waals surface area contributed by atoms with Gasteiger partial charge in [0.2, 0.25) is 15.9 Å². The normalized spacial score (nSPS) is 19.6. The third-order valence-corrected chi connectivity index (χ3v) is 9.03. The van der Waals surface area contributed by atoms with Gasteiger partial charge in [-0.25, -0.2) is 8.42 Å². The SMILES string of the molecule is COc1ccc(OC)c(S(=O)(=O)N2Cc3ccccc3CC2C(=O)NC2CCCc3ccccc32)c1. The summed E-state index contributed by atoms with van der Waals surface area (Å²) < 4.78 is 40.1. The minimum absolute atomic E-state index is 0.0236. The van der Waals surface area contributed by atoms with Crippen molar-refractivity contribution < 1.29 is 22.7 Å². The maximum Gasteiger partial charge on any atom is 0.247 e. The molecule has 0 saturated carbocycles. The monoisotopic (exact) mass is 506 g/mol. The molecule has 0 radical (unpaired) electrons. The molecule has 0 spiro atoms. The lowest BCUT2D eigenvalue weighted by molar-refractivity contribution is -0.126. The molecule has 2 atom stereocenters. The van der Waals surface area contributed by atoms with E-state index in [1.807, 2.05) is 42.5 Å². The number of carbonyl (C=O) groups is 1. The van der Waals surface area contributed by atoms with Crippen molar-refractivity contribution in [1.29, 1.82) is 0 Å². The van der Waals surface area contributed by atoms with Gasteiger partial charge in [0.25, 0.3) is 0 Å². The number of amides is 1. The molecule has 3 aromatic rings. The first-order chi connectivity index (χ1) is 17.4. The molecule has 1 N–H and O–H groups in total. The van der Waals surface area contributed by atoms with Gasteiger partial charge in [0, 0.05) is 12.6 Å². The van der Waals surface area contributed by atoms with E-state index in [9.17, 15) is 13.2 Å². The Bertz CT molecular complexity index is 1390. The topological polar surface area (TPSA) is 84.9 Å². The highest BCUT2D eigenvalue weighted by Crippen LogP contribution is 2.36. The van der Waals surface area contributed by atoms with Gasteiger partial charge >= 0.3 is 0 Å². The molecule has 0 bridgehead atoms. The van der Waals surface area contributed by atoms with E-state index < -0.39 is 16.1 Å². The summed E-state index contributed by atoms with van der Waals surface area (Å²) in [4.78, 5) is 13.8. The minimum Gasteiger partial charge on any atom is -0.497 e. The van der Waals surface area contributed by atoms with Crippen LogP contribution in [-0.2, 0) is 34.2 Å². The van der Waals surface area contributed by atoms with E-state index in [2.05, 4.69) is 11.4 Å². The van der Waals surface area contributed by atoms with Crippen molar-refractivity contribution in [3.05, 3.63) is 89.0 Å². The van der Waals surface area contributed by atoms with Crippen molar-refractivity contribution in [3.63, 3.8) is 0 Å². The Labute approximate surface area is 212 Å². The highest BCUT2D eigenvalue weighted by Gasteiger charge is 2.41. The molecular formula is C28H30N2O5S. The Morgan fingerprint density at radius 3 is 2.42 bits per heavy atom. The summed E-state index contributed by atoms with van der Waals surface area (Å²) in [7, 11) is -1.20. The summed E-state index contributed by atoms with van der Waals surface area (Å²) in [5.74, 6) is 0.304. The molecule has 2 aliphatic rings. The van der Waals surface area contributed by atoms with Crippen LogP contribution in [0, 0.1) is 0 Å². The first-order valence-electron chi connectivity index (χ1n) is 12.1. The molecule has 36 heavy (non-hydrogen) atoms. The van der Waals surface area contributed by atoms with Crippen LogP contribution in [0.1, 0.15) is 41.1 Å². The van der Waals surface area contributed by atoms with Crippen molar-refractivity contribution in [2.75, 3.05) is 14.2 Å². The molecule has 3 aromatic carbocycles. The predicted octanol–water partition coefficient (Wildman–Crippen LogP) is 4.01. The summed E-state index contributed by atoms with van der Waals surface area (Å²) >= 11 is 0. The van der Waals surface area contributed by atoms with Crippen LogP contribution in [0.3, 0.4) is 0 Å². The van der Waals surface area contributed by atoms with Crippen LogP contribution in [0.5, 0.6) is 11.5 Å². The van der Waals surface area contributed by atoms with E-state index in [0.29, 0.717) is 12.2 Å². The summed E-state index contributed by atoms with van der Waals surface area (Å²) in [6.45, 7) is 0.0954. The average molecular weight is 507 g/mol. The Hall–Kier alpha value is -3.36. The lowest BCUT2D eigenvalue weighted by atomic mass is 9.87. The molecule has 1 aliphatic heterocycles. The summed E-state index contributed by atoms with van der Waals surface area (Å²) in [6, 6.07) is 19.4. The van der Waals surface area contributed by atoms with Gasteiger partial charge in [-0.15, -0.1) is 0 Å². The van der Waals surface area contributed by atoms with E-state index in [4.69, 9.17) is 9.47 Å². The number of carbonyl (C=O) groups excluding carboxylic acids is 1. The van der Waals surface area contributed by atoms with Crippen molar-refractivity contribution >= 4 is 15.9 Å². The lowest BCUT2D eigenvalue weighted by Crippen LogP contribution is -2.53. The second-order valence-electron chi connectivity index (χ2n) is 9.21. The zero-order valence-corrected chi connectivity index (χ0v) is 21.3. The molecule has 188 valence electrons. The second-order valence-corrected chi connectivity index (χ2v) is 11.1. The van der Waals surface area contributed by atoms with Crippen LogP contribution in [0.2, 0.25) is 0 Å². The molecule has 0 fully saturated rings. The van der Waals surface area contributed by atoms with Crippen molar-refractivity contribution in [2.45, 2.75) is 49.2 Å². The number of rotatable bonds is 6. The summed E-state index contributed by atoms with van der Waals surface area (Å²) in [5.41, 5.74) is 4.20. The molecule has 1 heterocycles. The molecule has 1 aliphatic carbocycles. The van der Waals surface area contributed by atoms with Gasteiger partial charge in [0.15, 0.2) is 0 Å². The minimum atomic E-state index is -4.11. The standard InChI is InChI=1S/C28H30N2O5S/c1-34-22-14-15-26(35-2)27(17-22)36(32,33)30-18-21-10-4-3-9-20(21)16-25(30)28(31)29-24-13-7-11-19-8-5-6-12-23(19)24/h3-6,8-10,12,14-15,17,24-25H,7,11,13,16,18H2,1-2H3,(H,29,31). The summed E-state index contributed by atoms with van der Waals surface area (Å²) in [6.07, 6.45) is 3.07. The highest BCUT2D eigenvalue weighted by atomic mass is 32.2. The van der Waals surface area contributed by atoms with Crippen molar-refractivity contribution in [3.8, 4) is 11.5 Å². The second kappa shape index (κ2) is 9.95. The number of nitrogens with zero attached hydrogens (tertiary/aromatic N) is 1. The number of hydrogen-bond donors (Lipinski definition) is 1. The molecule has 0 aromatic heterocycles. The molecule has 2 unspecified atom stereocenters. The van der Waals surface area contributed by atoms with Gasteiger partial charge in [-0.05, 0) is 60.1 Å². The quantitative estimate of drug-likeness (QED) is 0.546. The Balaban J connectivity index is 1.53. The fourth-order valence-electron chi connectivity index (χ4n) is 5.26. The van der Waals surface area contributed by atoms with Gasteiger partial charge in [-0.1, -0.05) is 48.5 Å². The van der Waals surface area contributed by atoms with Crippen LogP contribution >= 0.6 is 0 Å². The Morgan fingerprint density at radius 1 is 0.944 bits per heavy atom. The van der Waals surface area contributed by atoms with Gasteiger partial charge in [0.05, 0.1) is 20.3 Å². The zero-order valence-electron chi connectivity index (χ0n) is 20.4. The number of methoxy groups -OCH3 is 2. The smallest absolute Gasteiger partial charge is 0.247 e. The van der Waals surface area contributed by atoms with E-state index in [-0.39, 0.29) is 29.1 Å². The molecule has 5 rings (SSSR count). The van der Waals surface area contributed by atoms with Gasteiger partial charge in [-0.2, -0.15) is 4.31 Å². The third-order valence-electron chi connectivity index (χ3n) is 7.15. The van der Waals surface area contributed by atoms with E-state index in [1.165, 1.54) is 30.2 Å². The fourth-order valence-corrected chi connectivity index (χ4v) is 7.00. The number of aryl methyl sites for hydroxylation is 1. The Morgan fingerprint density at radius 2 is 1.67 bits per heavy atom. The largest absolute Gasteiger partial charge is 0.497 e. The third kappa shape index (κ3) is 4.47. The lowest BCUT2D eigenvalue weighted by Gasteiger charge is -2.36. The summed E-state index contributed by atoms with van der Waals surface area (Å²) in [5, 5.41) is 3.18. The van der Waals surface area contributed by atoms with Crippen LogP contribution < -0.4 is 14.8 Å². The van der Waals surface area contributed by atoms with Crippen LogP contribution in [0.15, 0.2) is 71.6 Å². The number of nitrogens with one attached hydrogen (secondary N) is 1.